The Balaban J connectivity index is 1.57. The van der Waals surface area contributed by atoms with E-state index in [-0.39, 0.29) is 24.5 Å². The van der Waals surface area contributed by atoms with Gasteiger partial charge in [-0.2, -0.15) is 0 Å². The summed E-state index contributed by atoms with van der Waals surface area (Å²) in [4.78, 5) is 26.9. The molecule has 0 atom stereocenters. The lowest BCUT2D eigenvalue weighted by Crippen LogP contribution is -2.42. The highest BCUT2D eigenvalue weighted by atomic mass is 16.5. The number of para-hydroxylation sites is 1. The van der Waals surface area contributed by atoms with Gasteiger partial charge in [-0.15, -0.1) is 0 Å². The van der Waals surface area contributed by atoms with E-state index >= 15 is 0 Å². The van der Waals surface area contributed by atoms with Crippen molar-refractivity contribution in [2.24, 2.45) is 0 Å². The molecule has 0 saturated carbocycles. The fourth-order valence-corrected chi connectivity index (χ4v) is 3.56. The molecular formula is C20H29N3O3. The highest BCUT2D eigenvalue weighted by molar-refractivity contribution is 5.97. The van der Waals surface area contributed by atoms with E-state index in [0.717, 1.165) is 51.9 Å². The van der Waals surface area contributed by atoms with Gasteiger partial charge >= 0.3 is 0 Å². The van der Waals surface area contributed by atoms with Gasteiger partial charge < -0.3 is 20.3 Å². The summed E-state index contributed by atoms with van der Waals surface area (Å²) in [6.45, 7) is 3.44. The topological polar surface area (TPSA) is 70.7 Å². The van der Waals surface area contributed by atoms with Crippen molar-refractivity contribution in [1.82, 2.24) is 15.5 Å². The van der Waals surface area contributed by atoms with E-state index in [2.05, 4.69) is 10.6 Å². The predicted molar refractivity (Wildman–Crippen MR) is 100 cm³/mol. The third kappa shape index (κ3) is 5.21. The third-order valence-corrected chi connectivity index (χ3v) is 5.12. The van der Waals surface area contributed by atoms with Crippen molar-refractivity contribution in [3.63, 3.8) is 0 Å². The van der Waals surface area contributed by atoms with E-state index < -0.39 is 0 Å². The SMILES string of the molecule is O=C(NC1CCNCC1)c1ccccc1OCC(=O)N1CCCCCC1. The van der Waals surface area contributed by atoms with Gasteiger partial charge in [0.2, 0.25) is 0 Å². The number of ether oxygens (including phenoxy) is 1. The van der Waals surface area contributed by atoms with Crippen LogP contribution in [0.15, 0.2) is 24.3 Å². The van der Waals surface area contributed by atoms with Crippen LogP contribution in [0.1, 0.15) is 48.9 Å². The molecule has 26 heavy (non-hydrogen) atoms. The van der Waals surface area contributed by atoms with Gasteiger partial charge in [-0.05, 0) is 50.9 Å². The summed E-state index contributed by atoms with van der Waals surface area (Å²) in [5.41, 5.74) is 0.495. The number of nitrogens with zero attached hydrogens (tertiary/aromatic N) is 1. The molecule has 6 nitrogen and oxygen atoms in total. The first kappa shape index (κ1) is 18.7. The van der Waals surface area contributed by atoms with Crippen molar-refractivity contribution >= 4 is 11.8 Å². The first-order valence-electron chi connectivity index (χ1n) is 9.75. The van der Waals surface area contributed by atoms with Crippen molar-refractivity contribution in [1.29, 1.82) is 0 Å². The largest absolute Gasteiger partial charge is 0.483 e. The molecule has 142 valence electrons. The number of carbonyl (C=O) groups excluding carboxylic acids is 2. The minimum Gasteiger partial charge on any atom is -0.483 e. The zero-order valence-corrected chi connectivity index (χ0v) is 15.3. The lowest BCUT2D eigenvalue weighted by atomic mass is 10.1. The quantitative estimate of drug-likeness (QED) is 0.843. The number of nitrogens with one attached hydrogen (secondary N) is 2. The van der Waals surface area contributed by atoms with Crippen LogP contribution in [0, 0.1) is 0 Å². The number of hydrogen-bond donors (Lipinski definition) is 2. The van der Waals surface area contributed by atoms with Crippen molar-refractivity contribution in [3.05, 3.63) is 29.8 Å². The van der Waals surface area contributed by atoms with Gasteiger partial charge in [0.25, 0.3) is 11.8 Å². The first-order valence-corrected chi connectivity index (χ1v) is 9.75. The Hall–Kier alpha value is -2.08. The molecule has 0 unspecified atom stereocenters. The summed E-state index contributed by atoms with van der Waals surface area (Å²) >= 11 is 0. The van der Waals surface area contributed by atoms with Crippen molar-refractivity contribution in [2.45, 2.75) is 44.6 Å². The number of benzene rings is 1. The monoisotopic (exact) mass is 359 g/mol. The van der Waals surface area contributed by atoms with Crippen molar-refractivity contribution < 1.29 is 14.3 Å². The average Bonchev–Trinajstić information content (AvgIpc) is 2.97. The smallest absolute Gasteiger partial charge is 0.260 e. The maximum absolute atomic E-state index is 12.6. The fraction of sp³-hybridized carbons (Fsp3) is 0.600. The van der Waals surface area contributed by atoms with E-state index in [1.165, 1.54) is 12.8 Å². The molecule has 1 aromatic carbocycles. The van der Waals surface area contributed by atoms with Crippen LogP contribution in [-0.2, 0) is 4.79 Å². The zero-order valence-electron chi connectivity index (χ0n) is 15.3. The van der Waals surface area contributed by atoms with Crippen LogP contribution in [0.5, 0.6) is 5.75 Å². The molecule has 0 aliphatic carbocycles. The van der Waals surface area contributed by atoms with Crippen LogP contribution in [0.4, 0.5) is 0 Å². The molecule has 2 aliphatic heterocycles. The molecule has 0 spiro atoms. The van der Waals surface area contributed by atoms with Gasteiger partial charge in [0.1, 0.15) is 5.75 Å². The van der Waals surface area contributed by atoms with Gasteiger partial charge in [-0.25, -0.2) is 0 Å². The lowest BCUT2D eigenvalue weighted by molar-refractivity contribution is -0.133. The maximum Gasteiger partial charge on any atom is 0.260 e. The van der Waals surface area contributed by atoms with Crippen LogP contribution in [0.2, 0.25) is 0 Å². The van der Waals surface area contributed by atoms with Crippen molar-refractivity contribution in [2.75, 3.05) is 32.8 Å². The molecule has 1 aromatic rings. The third-order valence-electron chi connectivity index (χ3n) is 5.12. The Bertz CT molecular complexity index is 606. The van der Waals surface area contributed by atoms with Crippen LogP contribution in [0.25, 0.3) is 0 Å². The van der Waals surface area contributed by atoms with Crippen LogP contribution < -0.4 is 15.4 Å². The second kappa shape index (κ2) is 9.57. The first-order chi connectivity index (χ1) is 12.7. The predicted octanol–water partition coefficient (Wildman–Crippen LogP) is 1.95. The molecule has 2 aliphatic rings. The number of hydrogen-bond acceptors (Lipinski definition) is 4. The Kier molecular flexibility index (Phi) is 6.89. The Labute approximate surface area is 155 Å². The molecule has 2 fully saturated rings. The highest BCUT2D eigenvalue weighted by Gasteiger charge is 2.20. The summed E-state index contributed by atoms with van der Waals surface area (Å²) in [7, 11) is 0. The lowest BCUT2D eigenvalue weighted by Gasteiger charge is -2.24. The molecule has 6 heteroatoms. The minimum absolute atomic E-state index is 0.000432. The normalized spacial score (nSPS) is 18.8. The number of likely N-dealkylation sites (tertiary alicyclic amines) is 1. The Morgan fingerprint density at radius 3 is 2.50 bits per heavy atom. The molecule has 3 rings (SSSR count). The van der Waals surface area contributed by atoms with Crippen LogP contribution >= 0.6 is 0 Å². The maximum atomic E-state index is 12.6. The average molecular weight is 359 g/mol. The number of piperidine rings is 1. The summed E-state index contributed by atoms with van der Waals surface area (Å²) < 4.78 is 5.74. The summed E-state index contributed by atoms with van der Waals surface area (Å²) in [6.07, 6.45) is 6.35. The zero-order chi connectivity index (χ0) is 18.2. The molecule has 0 radical (unpaired) electrons. The van der Waals surface area contributed by atoms with Crippen molar-refractivity contribution in [3.8, 4) is 5.75 Å². The van der Waals surface area contributed by atoms with E-state index in [0.29, 0.717) is 11.3 Å². The van der Waals surface area contributed by atoms with Crippen LogP contribution in [-0.4, -0.2) is 55.5 Å². The van der Waals surface area contributed by atoms with Gasteiger partial charge in [0.15, 0.2) is 6.61 Å². The van der Waals surface area contributed by atoms with E-state index in [1.807, 2.05) is 17.0 Å². The second-order valence-corrected chi connectivity index (χ2v) is 7.08. The Morgan fingerprint density at radius 2 is 1.77 bits per heavy atom. The molecule has 0 aromatic heterocycles. The molecule has 2 saturated heterocycles. The van der Waals surface area contributed by atoms with Gasteiger partial charge in [-0.1, -0.05) is 25.0 Å². The van der Waals surface area contributed by atoms with Gasteiger partial charge in [0.05, 0.1) is 5.56 Å². The minimum atomic E-state index is -0.130. The highest BCUT2D eigenvalue weighted by Crippen LogP contribution is 2.19. The number of amides is 2. The van der Waals surface area contributed by atoms with E-state index in [4.69, 9.17) is 4.74 Å². The summed E-state index contributed by atoms with van der Waals surface area (Å²) in [5, 5.41) is 6.37. The van der Waals surface area contributed by atoms with Gasteiger partial charge in [-0.3, -0.25) is 9.59 Å². The fourth-order valence-electron chi connectivity index (χ4n) is 3.56. The number of rotatable bonds is 5. The van der Waals surface area contributed by atoms with E-state index in [9.17, 15) is 9.59 Å². The molecule has 2 heterocycles. The summed E-state index contributed by atoms with van der Waals surface area (Å²) in [5.74, 6) is 0.345. The standard InChI is InChI=1S/C20H29N3O3/c24-19(23-13-5-1-2-6-14-23)15-26-18-8-4-3-7-17(18)20(25)22-16-9-11-21-12-10-16/h3-4,7-8,16,21H,1-2,5-6,9-15H2,(H,22,25). The van der Waals surface area contributed by atoms with Gasteiger partial charge in [0, 0.05) is 19.1 Å². The molecular weight excluding hydrogens is 330 g/mol. The van der Waals surface area contributed by atoms with Crippen LogP contribution in [0.3, 0.4) is 0 Å². The Morgan fingerprint density at radius 1 is 1.08 bits per heavy atom. The second-order valence-electron chi connectivity index (χ2n) is 7.08. The van der Waals surface area contributed by atoms with E-state index in [1.54, 1.807) is 12.1 Å². The molecule has 0 bridgehead atoms. The molecule has 2 amide bonds. The number of carbonyl (C=O) groups is 2. The summed E-state index contributed by atoms with van der Waals surface area (Å²) in [6, 6.07) is 7.35. The molecule has 2 N–H and O–H groups in total.